The largest absolute Gasteiger partial charge is 0.412 e. The predicted molar refractivity (Wildman–Crippen MR) is 38.3 cm³/mol. The van der Waals surface area contributed by atoms with Gasteiger partial charge in [0.25, 0.3) is 0 Å². The summed E-state index contributed by atoms with van der Waals surface area (Å²) in [7, 11) is 0. The monoisotopic (exact) mass is 138 g/mol. The molecule has 0 spiro atoms. The Balaban J connectivity index is -0.0000000800. The molecule has 0 aromatic heterocycles. The first kappa shape index (κ1) is 15.9. The van der Waals surface area contributed by atoms with Crippen LogP contribution in [0, 0.1) is 5.92 Å². The third-order valence-electron chi connectivity index (χ3n) is 0.365. The second-order valence-corrected chi connectivity index (χ2v) is 1.89. The quantitative estimate of drug-likeness (QED) is 0.527. The highest BCUT2D eigenvalue weighted by Crippen LogP contribution is 1.83. The molecule has 60 valence electrons. The summed E-state index contributed by atoms with van der Waals surface area (Å²) >= 11 is 0. The fourth-order valence-corrected chi connectivity index (χ4v) is 0. The average molecular weight is 138 g/mol. The molecule has 0 aliphatic carbocycles. The van der Waals surface area contributed by atoms with Gasteiger partial charge in [0.2, 0.25) is 0 Å². The van der Waals surface area contributed by atoms with Crippen molar-refractivity contribution in [1.82, 2.24) is 0 Å². The molecule has 0 aromatic rings. The van der Waals surface area contributed by atoms with Crippen molar-refractivity contribution < 1.29 is 15.7 Å². The van der Waals surface area contributed by atoms with Gasteiger partial charge in [-0.15, -0.1) is 0 Å². The van der Waals surface area contributed by atoms with Crippen molar-refractivity contribution in [3.8, 4) is 0 Å². The lowest BCUT2D eigenvalue weighted by atomic mass is 10.2. The third-order valence-corrected chi connectivity index (χ3v) is 0.365. The van der Waals surface area contributed by atoms with E-state index in [0.717, 1.165) is 0 Å². The third kappa shape index (κ3) is 77.1. The van der Waals surface area contributed by atoms with Gasteiger partial charge in [-0.2, -0.15) is 0 Å². The molecule has 4 N–H and O–H groups in total. The van der Waals surface area contributed by atoms with Crippen LogP contribution in [-0.4, -0.2) is 28.9 Å². The number of aliphatic hydroxyl groups excluding tert-OH is 2. The van der Waals surface area contributed by atoms with Crippen molar-refractivity contribution >= 4 is 0 Å². The van der Waals surface area contributed by atoms with Crippen LogP contribution in [0.3, 0.4) is 0 Å². The minimum atomic E-state index is 0. The smallest absolute Gasteiger partial charge is 0.0453 e. The molecule has 0 aliphatic heterocycles. The van der Waals surface area contributed by atoms with Crippen molar-refractivity contribution in [1.29, 1.82) is 0 Å². The zero-order valence-corrected chi connectivity index (χ0v) is 6.39. The molecular formula is C6H18O3. The lowest BCUT2D eigenvalue weighted by Gasteiger charge is -1.90. The summed E-state index contributed by atoms with van der Waals surface area (Å²) < 4.78 is 0. The van der Waals surface area contributed by atoms with E-state index >= 15 is 0 Å². The van der Waals surface area contributed by atoms with Crippen LogP contribution in [0.5, 0.6) is 0 Å². The first-order chi connectivity index (χ1) is 3.68. The topological polar surface area (TPSA) is 72.0 Å². The van der Waals surface area contributed by atoms with Gasteiger partial charge in [-0.25, -0.2) is 0 Å². The van der Waals surface area contributed by atoms with Gasteiger partial charge in [-0.05, 0) is 12.8 Å². The normalized spacial score (nSPS) is 7.33. The van der Waals surface area contributed by atoms with Crippen LogP contribution in [0.2, 0.25) is 0 Å². The van der Waals surface area contributed by atoms with E-state index < -0.39 is 0 Å². The molecule has 0 aliphatic rings. The summed E-state index contributed by atoms with van der Waals surface area (Å²) in [6.07, 6.45) is 0. The number of hydrogen-bond donors (Lipinski definition) is 2. The van der Waals surface area contributed by atoms with E-state index in [1.165, 1.54) is 0 Å². The maximum atomic E-state index is 8.14. The second-order valence-electron chi connectivity index (χ2n) is 1.89. The molecule has 0 unspecified atom stereocenters. The van der Waals surface area contributed by atoms with E-state index in [9.17, 15) is 0 Å². The Hall–Kier alpha value is -0.120. The zero-order chi connectivity index (χ0) is 6.99. The summed E-state index contributed by atoms with van der Waals surface area (Å²) in [5.41, 5.74) is 0. The summed E-state index contributed by atoms with van der Waals surface area (Å²) in [5.74, 6) is 0.440. The molecule has 3 heteroatoms. The number of aliphatic hydroxyl groups is 2. The van der Waals surface area contributed by atoms with Crippen LogP contribution >= 0.6 is 0 Å². The van der Waals surface area contributed by atoms with Gasteiger partial charge in [-0.1, -0.05) is 13.8 Å². The maximum absolute atomic E-state index is 8.14. The van der Waals surface area contributed by atoms with Crippen molar-refractivity contribution in [2.75, 3.05) is 13.2 Å². The molecule has 0 heterocycles. The minimum Gasteiger partial charge on any atom is -0.412 e. The summed E-state index contributed by atoms with van der Waals surface area (Å²) in [6.45, 7) is 6.18. The first-order valence-corrected chi connectivity index (χ1v) is 2.90. The van der Waals surface area contributed by atoms with Gasteiger partial charge in [0, 0.05) is 13.2 Å². The Kier molecular flexibility index (Phi) is 27.8. The number of rotatable bonds is 1. The highest BCUT2D eigenvalue weighted by atomic mass is 16.3. The Bertz CT molecular complexity index is 29.5. The SMILES string of the molecule is CC(C)CO.CCO.O. The van der Waals surface area contributed by atoms with E-state index in [0.29, 0.717) is 12.5 Å². The van der Waals surface area contributed by atoms with Crippen LogP contribution < -0.4 is 0 Å². The van der Waals surface area contributed by atoms with Crippen LogP contribution in [0.15, 0.2) is 0 Å². The van der Waals surface area contributed by atoms with Crippen LogP contribution in [0.25, 0.3) is 0 Å². The van der Waals surface area contributed by atoms with Crippen molar-refractivity contribution in [3.05, 3.63) is 0 Å². The summed E-state index contributed by atoms with van der Waals surface area (Å²) in [4.78, 5) is 0. The Morgan fingerprint density at radius 3 is 1.33 bits per heavy atom. The highest BCUT2D eigenvalue weighted by molar-refractivity contribution is 4.32. The molecule has 0 fully saturated rings. The molecule has 0 aromatic carbocycles. The first-order valence-electron chi connectivity index (χ1n) is 2.90. The highest BCUT2D eigenvalue weighted by Gasteiger charge is 1.81. The van der Waals surface area contributed by atoms with Crippen LogP contribution in [0.1, 0.15) is 20.8 Å². The fraction of sp³-hybridized carbons (Fsp3) is 1.00. The van der Waals surface area contributed by atoms with Crippen molar-refractivity contribution in [3.63, 3.8) is 0 Å². The Morgan fingerprint density at radius 1 is 1.22 bits per heavy atom. The minimum absolute atomic E-state index is 0. The van der Waals surface area contributed by atoms with Crippen molar-refractivity contribution in [2.45, 2.75) is 20.8 Å². The van der Waals surface area contributed by atoms with Gasteiger partial charge in [0.15, 0.2) is 0 Å². The van der Waals surface area contributed by atoms with Gasteiger partial charge in [-0.3, -0.25) is 0 Å². The fourth-order valence-electron chi connectivity index (χ4n) is 0. The van der Waals surface area contributed by atoms with E-state index in [2.05, 4.69) is 0 Å². The average Bonchev–Trinajstić information content (AvgIpc) is 1.69. The van der Waals surface area contributed by atoms with Gasteiger partial charge in [0.05, 0.1) is 0 Å². The molecular weight excluding hydrogens is 120 g/mol. The van der Waals surface area contributed by atoms with Crippen molar-refractivity contribution in [2.24, 2.45) is 5.92 Å². The lowest BCUT2D eigenvalue weighted by Crippen LogP contribution is -1.90. The van der Waals surface area contributed by atoms with Crippen LogP contribution in [0.4, 0.5) is 0 Å². The Labute approximate surface area is 56.6 Å². The molecule has 0 rings (SSSR count). The molecule has 0 atom stereocenters. The molecule has 0 radical (unpaired) electrons. The number of hydrogen-bond acceptors (Lipinski definition) is 2. The molecule has 0 bridgehead atoms. The summed E-state index contributed by atoms with van der Waals surface area (Å²) in [5, 5.41) is 15.7. The van der Waals surface area contributed by atoms with E-state index in [1.54, 1.807) is 6.92 Å². The molecule has 0 saturated heterocycles. The molecule has 3 nitrogen and oxygen atoms in total. The predicted octanol–water partition coefficient (Wildman–Crippen LogP) is -0.191. The van der Waals surface area contributed by atoms with Gasteiger partial charge in [0.1, 0.15) is 0 Å². The van der Waals surface area contributed by atoms with Gasteiger partial charge >= 0.3 is 0 Å². The van der Waals surface area contributed by atoms with Gasteiger partial charge < -0.3 is 15.7 Å². The Morgan fingerprint density at radius 2 is 1.33 bits per heavy atom. The zero-order valence-electron chi connectivity index (χ0n) is 6.39. The van der Waals surface area contributed by atoms with E-state index in [-0.39, 0.29) is 12.1 Å². The molecule has 0 saturated carbocycles. The summed E-state index contributed by atoms with van der Waals surface area (Å²) in [6, 6.07) is 0. The second kappa shape index (κ2) is 15.7. The maximum Gasteiger partial charge on any atom is 0.0453 e. The standard InChI is InChI=1S/C4H10O.C2H6O.H2O/c1-4(2)3-5;1-2-3;/h4-5H,3H2,1-2H3;3H,2H2,1H3;1H2. The molecule has 9 heavy (non-hydrogen) atoms. The van der Waals surface area contributed by atoms with E-state index in [4.69, 9.17) is 10.2 Å². The van der Waals surface area contributed by atoms with Crippen LogP contribution in [-0.2, 0) is 0 Å². The van der Waals surface area contributed by atoms with E-state index in [1.807, 2.05) is 13.8 Å². The lowest BCUT2D eigenvalue weighted by molar-refractivity contribution is 0.248. The molecule has 0 amide bonds.